The van der Waals surface area contributed by atoms with Gasteiger partial charge in [0.2, 0.25) is 5.91 Å². The standard InChI is InChI=1S/C31H24Cl2N4O5S/c1-19(29(38)34-21-10-14-23(15-11-21)37(41)42)43-24-16-12-22(13-17-24)35-31(40)28(18-25-26(32)8-5-9-27(25)33)36-30(39)20-6-3-2-4-7-20/h2-19H,1H3,(H,34,38)(H,35,40)(H,36,39)/b28-18-. The number of rotatable bonds is 10. The first kappa shape index (κ1) is 31.3. The Hall–Kier alpha value is -4.64. The van der Waals surface area contributed by atoms with Crippen LogP contribution >= 0.6 is 35.0 Å². The van der Waals surface area contributed by atoms with Crippen LogP contribution in [0.2, 0.25) is 10.0 Å². The van der Waals surface area contributed by atoms with Crippen molar-refractivity contribution in [2.75, 3.05) is 10.6 Å². The number of carbonyl (C=O) groups is 3. The van der Waals surface area contributed by atoms with Crippen molar-refractivity contribution in [2.45, 2.75) is 17.1 Å². The van der Waals surface area contributed by atoms with Crippen molar-refractivity contribution < 1.29 is 19.3 Å². The predicted octanol–water partition coefficient (Wildman–Crippen LogP) is 7.43. The number of amides is 3. The van der Waals surface area contributed by atoms with Crippen LogP contribution < -0.4 is 16.0 Å². The topological polar surface area (TPSA) is 130 Å². The Balaban J connectivity index is 1.44. The molecule has 4 aromatic rings. The lowest BCUT2D eigenvalue weighted by molar-refractivity contribution is -0.384. The largest absolute Gasteiger partial charge is 0.325 e. The summed E-state index contributed by atoms with van der Waals surface area (Å²) in [7, 11) is 0. The van der Waals surface area contributed by atoms with Gasteiger partial charge in [-0.3, -0.25) is 24.5 Å². The molecular formula is C31H24Cl2N4O5S. The van der Waals surface area contributed by atoms with Crippen molar-refractivity contribution in [3.63, 3.8) is 0 Å². The lowest BCUT2D eigenvalue weighted by Gasteiger charge is -2.14. The maximum Gasteiger partial charge on any atom is 0.272 e. The van der Waals surface area contributed by atoms with Crippen LogP contribution in [0.4, 0.5) is 17.1 Å². The molecule has 0 spiro atoms. The molecule has 43 heavy (non-hydrogen) atoms. The van der Waals surface area contributed by atoms with Crippen molar-refractivity contribution >= 4 is 75.8 Å². The van der Waals surface area contributed by atoms with Gasteiger partial charge >= 0.3 is 0 Å². The van der Waals surface area contributed by atoms with Crippen LogP contribution in [0.25, 0.3) is 6.08 Å². The van der Waals surface area contributed by atoms with E-state index in [0.717, 1.165) is 4.90 Å². The Morgan fingerprint density at radius 1 is 0.814 bits per heavy atom. The second-order valence-corrected chi connectivity index (χ2v) is 11.3. The number of nitro benzene ring substituents is 1. The first-order valence-corrected chi connectivity index (χ1v) is 14.4. The minimum absolute atomic E-state index is 0.0681. The van der Waals surface area contributed by atoms with Gasteiger partial charge in [0.1, 0.15) is 5.70 Å². The SMILES string of the molecule is CC(Sc1ccc(NC(=O)/C(=C/c2c(Cl)cccc2Cl)NC(=O)c2ccccc2)cc1)C(=O)Nc1ccc([N+](=O)[O-])cc1. The Morgan fingerprint density at radius 2 is 1.40 bits per heavy atom. The molecule has 0 aliphatic rings. The molecule has 0 radical (unpaired) electrons. The van der Waals surface area contributed by atoms with Gasteiger partial charge in [-0.05, 0) is 73.7 Å². The molecule has 0 aliphatic heterocycles. The molecule has 218 valence electrons. The van der Waals surface area contributed by atoms with Gasteiger partial charge < -0.3 is 16.0 Å². The van der Waals surface area contributed by atoms with E-state index in [4.69, 9.17) is 23.2 Å². The maximum absolute atomic E-state index is 13.3. The summed E-state index contributed by atoms with van der Waals surface area (Å²) in [6, 6.07) is 25.7. The molecule has 0 heterocycles. The molecule has 0 aliphatic carbocycles. The second-order valence-electron chi connectivity index (χ2n) is 9.05. The van der Waals surface area contributed by atoms with Crippen molar-refractivity contribution in [2.24, 2.45) is 0 Å². The van der Waals surface area contributed by atoms with E-state index in [1.165, 1.54) is 42.1 Å². The average Bonchev–Trinajstić information content (AvgIpc) is 3.00. The van der Waals surface area contributed by atoms with Crippen molar-refractivity contribution in [1.29, 1.82) is 0 Å². The van der Waals surface area contributed by atoms with Gasteiger partial charge in [0.15, 0.2) is 0 Å². The zero-order valence-corrected chi connectivity index (χ0v) is 24.9. The third-order valence-electron chi connectivity index (χ3n) is 5.96. The number of carbonyl (C=O) groups excluding carboxylic acids is 3. The molecule has 1 unspecified atom stereocenters. The molecule has 0 aromatic heterocycles. The van der Waals surface area contributed by atoms with E-state index in [9.17, 15) is 24.5 Å². The molecule has 0 bridgehead atoms. The summed E-state index contributed by atoms with van der Waals surface area (Å²) in [5, 5.41) is 19.1. The summed E-state index contributed by atoms with van der Waals surface area (Å²) in [6.07, 6.45) is 1.41. The zero-order chi connectivity index (χ0) is 30.9. The van der Waals surface area contributed by atoms with Crippen molar-refractivity contribution in [3.05, 3.63) is 134 Å². The Labute approximate surface area is 261 Å². The number of thioether (sulfide) groups is 1. The highest BCUT2D eigenvalue weighted by atomic mass is 35.5. The Kier molecular flexibility index (Phi) is 10.6. The van der Waals surface area contributed by atoms with Crippen molar-refractivity contribution in [3.8, 4) is 0 Å². The van der Waals surface area contributed by atoms with Gasteiger partial charge in [0.25, 0.3) is 17.5 Å². The van der Waals surface area contributed by atoms with Crippen LogP contribution in [0.3, 0.4) is 0 Å². The van der Waals surface area contributed by atoms with E-state index < -0.39 is 22.0 Å². The molecule has 0 fully saturated rings. The quantitative estimate of drug-likeness (QED) is 0.0719. The summed E-state index contributed by atoms with van der Waals surface area (Å²) in [5.74, 6) is -1.37. The number of anilines is 2. The number of nitrogens with zero attached hydrogens (tertiary/aromatic N) is 1. The summed E-state index contributed by atoms with van der Waals surface area (Å²) in [5.41, 5.74) is 1.49. The Bertz CT molecular complexity index is 1660. The number of non-ortho nitro benzene ring substituents is 1. The van der Waals surface area contributed by atoms with E-state index in [1.54, 1.807) is 79.7 Å². The lowest BCUT2D eigenvalue weighted by atomic mass is 10.1. The summed E-state index contributed by atoms with van der Waals surface area (Å²) < 4.78 is 0. The number of benzene rings is 4. The smallest absolute Gasteiger partial charge is 0.272 e. The second kappa shape index (κ2) is 14.5. The third-order valence-corrected chi connectivity index (χ3v) is 7.73. The first-order chi connectivity index (χ1) is 20.6. The maximum atomic E-state index is 13.3. The van der Waals surface area contributed by atoms with Gasteiger partial charge in [-0.15, -0.1) is 11.8 Å². The van der Waals surface area contributed by atoms with Crippen molar-refractivity contribution in [1.82, 2.24) is 5.32 Å². The van der Waals surface area contributed by atoms with Gasteiger partial charge in [-0.1, -0.05) is 47.5 Å². The van der Waals surface area contributed by atoms with Crippen LogP contribution in [-0.4, -0.2) is 27.9 Å². The molecule has 3 N–H and O–H groups in total. The minimum atomic E-state index is -0.600. The van der Waals surface area contributed by atoms with Gasteiger partial charge in [-0.25, -0.2) is 0 Å². The molecule has 3 amide bonds. The minimum Gasteiger partial charge on any atom is -0.325 e. The van der Waals surface area contributed by atoms with E-state index in [2.05, 4.69) is 16.0 Å². The molecule has 9 nitrogen and oxygen atoms in total. The summed E-state index contributed by atoms with van der Waals surface area (Å²) in [4.78, 5) is 49.9. The van der Waals surface area contributed by atoms with Gasteiger partial charge in [0.05, 0.1) is 10.2 Å². The average molecular weight is 636 g/mol. The fourth-order valence-corrected chi connectivity index (χ4v) is 5.09. The summed E-state index contributed by atoms with van der Waals surface area (Å²) in [6.45, 7) is 1.73. The van der Waals surface area contributed by atoms with E-state index in [0.29, 0.717) is 32.5 Å². The highest BCUT2D eigenvalue weighted by molar-refractivity contribution is 8.00. The fraction of sp³-hybridized carbons (Fsp3) is 0.0645. The van der Waals surface area contributed by atoms with Crippen LogP contribution in [0.15, 0.2) is 108 Å². The molecule has 4 aromatic carbocycles. The third kappa shape index (κ3) is 8.68. The Morgan fingerprint density at radius 3 is 2.00 bits per heavy atom. The van der Waals surface area contributed by atoms with Gasteiger partial charge in [0, 0.05) is 49.6 Å². The van der Waals surface area contributed by atoms with Crippen LogP contribution in [0.5, 0.6) is 0 Å². The lowest BCUT2D eigenvalue weighted by Crippen LogP contribution is -2.30. The normalized spacial score (nSPS) is 11.7. The molecule has 4 rings (SSSR count). The predicted molar refractivity (Wildman–Crippen MR) is 170 cm³/mol. The fourth-order valence-electron chi connectivity index (χ4n) is 3.72. The highest BCUT2D eigenvalue weighted by Gasteiger charge is 2.18. The van der Waals surface area contributed by atoms with E-state index in [1.807, 2.05) is 0 Å². The van der Waals surface area contributed by atoms with Crippen LogP contribution in [0.1, 0.15) is 22.8 Å². The number of nitrogens with one attached hydrogen (secondary N) is 3. The first-order valence-electron chi connectivity index (χ1n) is 12.8. The van der Waals surface area contributed by atoms with E-state index >= 15 is 0 Å². The number of hydrogen-bond donors (Lipinski definition) is 3. The molecular weight excluding hydrogens is 611 g/mol. The van der Waals surface area contributed by atoms with E-state index in [-0.39, 0.29) is 17.3 Å². The number of hydrogen-bond acceptors (Lipinski definition) is 6. The molecule has 0 saturated carbocycles. The summed E-state index contributed by atoms with van der Waals surface area (Å²) >= 11 is 13.9. The highest BCUT2D eigenvalue weighted by Crippen LogP contribution is 2.28. The molecule has 0 saturated heterocycles. The van der Waals surface area contributed by atoms with Crippen LogP contribution in [-0.2, 0) is 9.59 Å². The number of halogens is 2. The zero-order valence-electron chi connectivity index (χ0n) is 22.5. The monoisotopic (exact) mass is 634 g/mol. The van der Waals surface area contributed by atoms with Gasteiger partial charge in [-0.2, -0.15) is 0 Å². The molecule has 1 atom stereocenters. The molecule has 12 heteroatoms. The number of nitro groups is 1. The van der Waals surface area contributed by atoms with Crippen LogP contribution in [0, 0.1) is 10.1 Å².